The van der Waals surface area contributed by atoms with Crippen molar-refractivity contribution in [2.24, 2.45) is 0 Å². The summed E-state index contributed by atoms with van der Waals surface area (Å²) in [6, 6.07) is 0. The van der Waals surface area contributed by atoms with Gasteiger partial charge in [-0.25, -0.2) is 0 Å². The zero-order valence-corrected chi connectivity index (χ0v) is 12.8. The van der Waals surface area contributed by atoms with Gasteiger partial charge < -0.3 is 9.53 Å². The molecule has 0 spiro atoms. The Hall–Kier alpha value is -0.563. The molecule has 0 aromatic rings. The van der Waals surface area contributed by atoms with Gasteiger partial charge in [0.15, 0.2) is 8.32 Å². The van der Waals surface area contributed by atoms with Gasteiger partial charge in [0.25, 0.3) is 0 Å². The van der Waals surface area contributed by atoms with E-state index < -0.39 is 14.4 Å². The fraction of sp³-hybridized carbons (Fsp3) is 0.714. The molecule has 1 N–H and O–H groups in total. The first-order valence-electron chi connectivity index (χ1n) is 6.15. The SMILES string of the molecule is C#C/C=C/[C@@H](O)CCCO[Si](C)(C)C(C)(C)C. The van der Waals surface area contributed by atoms with E-state index in [1.807, 2.05) is 0 Å². The second kappa shape index (κ2) is 7.00. The lowest BCUT2D eigenvalue weighted by molar-refractivity contribution is 0.191. The normalized spacial score (nSPS) is 14.9. The summed E-state index contributed by atoms with van der Waals surface area (Å²) in [6.45, 7) is 11.9. The fourth-order valence-electron chi connectivity index (χ4n) is 1.10. The number of terminal acetylenes is 1. The summed E-state index contributed by atoms with van der Waals surface area (Å²) in [7, 11) is -1.63. The van der Waals surface area contributed by atoms with Gasteiger partial charge in [0, 0.05) is 6.61 Å². The van der Waals surface area contributed by atoms with Crippen LogP contribution >= 0.6 is 0 Å². The third kappa shape index (κ3) is 6.67. The Morgan fingerprint density at radius 2 is 2.00 bits per heavy atom. The summed E-state index contributed by atoms with van der Waals surface area (Å²) in [5, 5.41) is 9.79. The van der Waals surface area contributed by atoms with E-state index in [2.05, 4.69) is 39.8 Å². The summed E-state index contributed by atoms with van der Waals surface area (Å²) in [6.07, 6.45) is 9.37. The van der Waals surface area contributed by atoms with Gasteiger partial charge in [-0.05, 0) is 43.1 Å². The summed E-state index contributed by atoms with van der Waals surface area (Å²) >= 11 is 0. The molecule has 0 aromatic carbocycles. The van der Waals surface area contributed by atoms with E-state index in [1.165, 1.54) is 0 Å². The Balaban J connectivity index is 3.87. The summed E-state index contributed by atoms with van der Waals surface area (Å²) in [5.74, 6) is 2.37. The van der Waals surface area contributed by atoms with Crippen LogP contribution in [0.5, 0.6) is 0 Å². The van der Waals surface area contributed by atoms with Gasteiger partial charge >= 0.3 is 0 Å². The second-order valence-electron chi connectivity index (χ2n) is 5.84. The van der Waals surface area contributed by atoms with Crippen molar-refractivity contribution in [2.75, 3.05) is 6.61 Å². The van der Waals surface area contributed by atoms with E-state index in [9.17, 15) is 5.11 Å². The van der Waals surface area contributed by atoms with Gasteiger partial charge in [0.1, 0.15) is 0 Å². The average Bonchev–Trinajstić information content (AvgIpc) is 2.20. The number of aliphatic hydroxyl groups is 1. The van der Waals surface area contributed by atoms with Crippen molar-refractivity contribution in [3.05, 3.63) is 12.2 Å². The number of hydrogen-bond donors (Lipinski definition) is 1. The first-order valence-corrected chi connectivity index (χ1v) is 9.06. The second-order valence-corrected chi connectivity index (χ2v) is 10.7. The predicted octanol–water partition coefficient (Wildman–Crippen LogP) is 3.34. The van der Waals surface area contributed by atoms with Gasteiger partial charge in [0.2, 0.25) is 0 Å². The monoisotopic (exact) mass is 254 g/mol. The highest BCUT2D eigenvalue weighted by molar-refractivity contribution is 6.74. The zero-order chi connectivity index (χ0) is 13.5. The van der Waals surface area contributed by atoms with Crippen molar-refractivity contribution in [3.8, 4) is 12.3 Å². The lowest BCUT2D eigenvalue weighted by atomic mass is 10.2. The summed E-state index contributed by atoms with van der Waals surface area (Å²) < 4.78 is 6.01. The van der Waals surface area contributed by atoms with Crippen LogP contribution in [0.3, 0.4) is 0 Å². The maximum Gasteiger partial charge on any atom is 0.191 e. The summed E-state index contributed by atoms with van der Waals surface area (Å²) in [4.78, 5) is 0. The molecule has 0 rings (SSSR count). The highest BCUT2D eigenvalue weighted by atomic mass is 28.4. The quantitative estimate of drug-likeness (QED) is 0.447. The van der Waals surface area contributed by atoms with Crippen LogP contribution in [0.1, 0.15) is 33.6 Å². The molecule has 0 aliphatic rings. The third-order valence-corrected chi connectivity index (χ3v) is 7.87. The first kappa shape index (κ1) is 16.4. The Bertz CT molecular complexity index is 282. The molecule has 2 nitrogen and oxygen atoms in total. The van der Waals surface area contributed by atoms with E-state index in [-0.39, 0.29) is 5.04 Å². The van der Waals surface area contributed by atoms with Crippen LogP contribution in [0.15, 0.2) is 12.2 Å². The molecule has 0 saturated heterocycles. The van der Waals surface area contributed by atoms with E-state index in [1.54, 1.807) is 12.2 Å². The molecule has 98 valence electrons. The molecule has 0 aliphatic carbocycles. The standard InChI is InChI=1S/C14H26O2Si/c1-7-8-10-13(15)11-9-12-16-17(5,6)14(2,3)4/h1,8,10,13,15H,9,11-12H2,2-6H3/b10-8+/t13-/m1/s1. The van der Waals surface area contributed by atoms with E-state index in [0.717, 1.165) is 13.0 Å². The molecule has 3 heteroatoms. The third-order valence-electron chi connectivity index (χ3n) is 3.33. The highest BCUT2D eigenvalue weighted by Gasteiger charge is 2.36. The predicted molar refractivity (Wildman–Crippen MR) is 76.4 cm³/mol. The van der Waals surface area contributed by atoms with Crippen molar-refractivity contribution in [1.82, 2.24) is 0 Å². The molecular weight excluding hydrogens is 228 g/mol. The maximum absolute atomic E-state index is 9.54. The van der Waals surface area contributed by atoms with Crippen LogP contribution in [0.4, 0.5) is 0 Å². The van der Waals surface area contributed by atoms with Gasteiger partial charge in [-0.1, -0.05) is 26.7 Å². The van der Waals surface area contributed by atoms with Gasteiger partial charge in [0.05, 0.1) is 6.10 Å². The van der Waals surface area contributed by atoms with Crippen LogP contribution in [-0.2, 0) is 4.43 Å². The van der Waals surface area contributed by atoms with Crippen LogP contribution in [-0.4, -0.2) is 26.1 Å². The molecule has 0 saturated carbocycles. The number of hydrogen-bond acceptors (Lipinski definition) is 2. The number of allylic oxidation sites excluding steroid dienone is 1. The van der Waals surface area contributed by atoms with E-state index in [4.69, 9.17) is 10.8 Å². The van der Waals surface area contributed by atoms with Crippen molar-refractivity contribution in [1.29, 1.82) is 0 Å². The van der Waals surface area contributed by atoms with Crippen LogP contribution in [0.2, 0.25) is 18.1 Å². The minimum Gasteiger partial charge on any atom is -0.417 e. The molecule has 0 unspecified atom stereocenters. The molecule has 0 aliphatic heterocycles. The molecular formula is C14H26O2Si. The molecule has 0 amide bonds. The average molecular weight is 254 g/mol. The van der Waals surface area contributed by atoms with Gasteiger partial charge in [-0.3, -0.25) is 0 Å². The summed E-state index contributed by atoms with van der Waals surface area (Å²) in [5.41, 5.74) is 0. The molecule has 17 heavy (non-hydrogen) atoms. The first-order chi connectivity index (χ1) is 7.70. The smallest absolute Gasteiger partial charge is 0.191 e. The maximum atomic E-state index is 9.54. The Morgan fingerprint density at radius 1 is 1.41 bits per heavy atom. The number of rotatable bonds is 6. The molecule has 0 fully saturated rings. The van der Waals surface area contributed by atoms with Crippen molar-refractivity contribution in [3.63, 3.8) is 0 Å². The Labute approximate surface area is 107 Å². The molecule has 0 radical (unpaired) electrons. The molecule has 0 aromatic heterocycles. The minimum absolute atomic E-state index is 0.245. The van der Waals surface area contributed by atoms with Gasteiger partial charge in [-0.2, -0.15) is 0 Å². The van der Waals surface area contributed by atoms with Crippen LogP contribution in [0, 0.1) is 12.3 Å². The van der Waals surface area contributed by atoms with Crippen molar-refractivity contribution >= 4 is 8.32 Å². The van der Waals surface area contributed by atoms with Gasteiger partial charge in [-0.15, -0.1) is 6.42 Å². The largest absolute Gasteiger partial charge is 0.417 e. The van der Waals surface area contributed by atoms with Crippen LogP contribution < -0.4 is 0 Å². The van der Waals surface area contributed by atoms with E-state index in [0.29, 0.717) is 6.42 Å². The van der Waals surface area contributed by atoms with Crippen molar-refractivity contribution in [2.45, 2.75) is 57.8 Å². The lowest BCUT2D eigenvalue weighted by Crippen LogP contribution is -2.41. The Kier molecular flexibility index (Phi) is 6.77. The zero-order valence-electron chi connectivity index (χ0n) is 11.8. The minimum atomic E-state index is -1.63. The molecule has 0 bridgehead atoms. The van der Waals surface area contributed by atoms with Crippen LogP contribution in [0.25, 0.3) is 0 Å². The van der Waals surface area contributed by atoms with Crippen molar-refractivity contribution < 1.29 is 9.53 Å². The molecule has 0 heterocycles. The Morgan fingerprint density at radius 3 is 2.47 bits per heavy atom. The highest BCUT2D eigenvalue weighted by Crippen LogP contribution is 2.36. The fourth-order valence-corrected chi connectivity index (χ4v) is 2.19. The lowest BCUT2D eigenvalue weighted by Gasteiger charge is -2.36. The van der Waals surface area contributed by atoms with E-state index >= 15 is 0 Å². The topological polar surface area (TPSA) is 29.5 Å². The number of aliphatic hydroxyl groups excluding tert-OH is 1. The molecule has 1 atom stereocenters.